The van der Waals surface area contributed by atoms with Crippen molar-refractivity contribution < 1.29 is 18.0 Å². The van der Waals surface area contributed by atoms with Gasteiger partial charge in [-0.2, -0.15) is 13.2 Å². The van der Waals surface area contributed by atoms with E-state index in [9.17, 15) is 18.0 Å². The summed E-state index contributed by atoms with van der Waals surface area (Å²) in [5, 5.41) is 11.4. The first-order valence-electron chi connectivity index (χ1n) is 13.7. The number of hydrogen-bond acceptors (Lipinski definition) is 4. The second-order valence-electron chi connectivity index (χ2n) is 10.5. The number of aryl methyl sites for hydroxylation is 2. The molecule has 2 aliphatic rings. The van der Waals surface area contributed by atoms with Crippen molar-refractivity contribution in [2.45, 2.75) is 76.7 Å². The molecule has 2 saturated heterocycles. The zero-order chi connectivity index (χ0) is 27.6. The van der Waals surface area contributed by atoms with Crippen LogP contribution >= 0.6 is 0 Å². The summed E-state index contributed by atoms with van der Waals surface area (Å²) in [6.45, 7) is 5.55. The smallest absolute Gasteiger partial charge is 0.312 e. The molecule has 2 atom stereocenters. The van der Waals surface area contributed by atoms with E-state index in [4.69, 9.17) is 0 Å². The summed E-state index contributed by atoms with van der Waals surface area (Å²) in [4.78, 5) is 17.5. The molecule has 2 unspecified atom stereocenters. The van der Waals surface area contributed by atoms with Crippen molar-refractivity contribution in [3.63, 3.8) is 0 Å². The van der Waals surface area contributed by atoms with Crippen molar-refractivity contribution in [1.82, 2.24) is 19.7 Å². The lowest BCUT2D eigenvalue weighted by molar-refractivity contribution is -0.137. The zero-order valence-electron chi connectivity index (χ0n) is 22.4. The lowest BCUT2D eigenvalue weighted by atomic mass is 9.96. The minimum atomic E-state index is -4.42. The van der Waals surface area contributed by atoms with Crippen molar-refractivity contribution >= 4 is 17.4 Å². The van der Waals surface area contributed by atoms with E-state index in [-0.39, 0.29) is 6.03 Å². The Morgan fingerprint density at radius 1 is 1.00 bits per heavy atom. The topological polar surface area (TPSA) is 66.3 Å². The lowest BCUT2D eigenvalue weighted by Gasteiger charge is -2.40. The molecule has 10 heteroatoms. The molecule has 39 heavy (non-hydrogen) atoms. The van der Waals surface area contributed by atoms with Crippen LogP contribution in [0.15, 0.2) is 54.6 Å². The minimum absolute atomic E-state index is 0.324. The highest BCUT2D eigenvalue weighted by Crippen LogP contribution is 2.41. The average Bonchev–Trinajstić information content (AvgIpc) is 3.41. The maximum atomic E-state index is 13.2. The quantitative estimate of drug-likeness (QED) is 0.356. The Hall–Kier alpha value is -3.40. The fraction of sp³-hybridized carbons (Fsp3) is 0.483. The summed E-state index contributed by atoms with van der Waals surface area (Å²) < 4.78 is 41.1. The van der Waals surface area contributed by atoms with Gasteiger partial charge in [0.2, 0.25) is 0 Å². The predicted molar refractivity (Wildman–Crippen MR) is 145 cm³/mol. The van der Waals surface area contributed by atoms with E-state index in [1.54, 1.807) is 4.90 Å². The largest absolute Gasteiger partial charge is 0.416 e. The summed E-state index contributed by atoms with van der Waals surface area (Å²) in [7, 11) is 0. The molecule has 3 heterocycles. The second kappa shape index (κ2) is 11.4. The Balaban J connectivity index is 1.22. The number of urea groups is 1. The zero-order valence-corrected chi connectivity index (χ0v) is 22.4. The first-order chi connectivity index (χ1) is 18.7. The molecule has 0 radical (unpaired) electrons. The van der Waals surface area contributed by atoms with Crippen LogP contribution in [0.1, 0.15) is 62.3 Å². The number of nitrogens with one attached hydrogen (secondary N) is 1. The number of anilines is 2. The van der Waals surface area contributed by atoms with Gasteiger partial charge < -0.3 is 9.88 Å². The summed E-state index contributed by atoms with van der Waals surface area (Å²) in [5.74, 6) is 2.05. The molecule has 0 aliphatic carbocycles. The summed E-state index contributed by atoms with van der Waals surface area (Å²) in [6, 6.07) is 15.0. The highest BCUT2D eigenvalue weighted by atomic mass is 19.4. The van der Waals surface area contributed by atoms with Crippen molar-refractivity contribution in [3.8, 4) is 0 Å². The summed E-state index contributed by atoms with van der Waals surface area (Å²) in [5.41, 5.74) is 0.327. The predicted octanol–water partition coefficient (Wildman–Crippen LogP) is 6.46. The summed E-state index contributed by atoms with van der Waals surface area (Å²) >= 11 is 0. The first kappa shape index (κ1) is 27.2. The first-order valence-corrected chi connectivity index (χ1v) is 13.7. The van der Waals surface area contributed by atoms with Crippen LogP contribution in [0.5, 0.6) is 0 Å². The Morgan fingerprint density at radius 2 is 1.67 bits per heavy atom. The SMILES string of the molecule is CCc1nnc(C)n1C1CC2CCC(C1)N2CCCN(C(=O)Nc1ccc(C(F)(F)F)cc1)c1ccccc1. The van der Waals surface area contributed by atoms with E-state index in [0.717, 1.165) is 61.7 Å². The maximum absolute atomic E-state index is 13.2. The van der Waals surface area contributed by atoms with Crippen LogP contribution in [-0.2, 0) is 12.6 Å². The van der Waals surface area contributed by atoms with Gasteiger partial charge in [0.25, 0.3) is 0 Å². The molecule has 0 saturated carbocycles. The van der Waals surface area contributed by atoms with E-state index < -0.39 is 11.7 Å². The standard InChI is InChI=1S/C29H35F3N6O/c1-3-27-35-34-20(2)38(27)26-18-24-14-15-25(19-26)36(24)16-7-17-37(23-8-5-4-6-9-23)28(39)33-22-12-10-21(11-13-22)29(30,31)32/h4-6,8-13,24-26H,3,7,14-19H2,1-2H3,(H,33,39). The average molecular weight is 541 g/mol. The van der Waals surface area contributed by atoms with Crippen molar-refractivity contribution in [2.24, 2.45) is 0 Å². The Kier molecular flexibility index (Phi) is 7.93. The van der Waals surface area contributed by atoms with Gasteiger partial charge in [0, 0.05) is 49.0 Å². The van der Waals surface area contributed by atoms with E-state index in [1.165, 1.54) is 25.0 Å². The number of fused-ring (bicyclic) bond motifs is 2. The molecule has 1 aromatic heterocycles. The monoisotopic (exact) mass is 540 g/mol. The Bertz CT molecular complexity index is 1250. The van der Waals surface area contributed by atoms with Gasteiger partial charge in [0.1, 0.15) is 11.6 Å². The van der Waals surface area contributed by atoms with Gasteiger partial charge in [-0.15, -0.1) is 10.2 Å². The van der Waals surface area contributed by atoms with Gasteiger partial charge in [-0.25, -0.2) is 4.79 Å². The van der Waals surface area contributed by atoms with Gasteiger partial charge in [-0.1, -0.05) is 25.1 Å². The van der Waals surface area contributed by atoms with Crippen molar-refractivity contribution in [2.75, 3.05) is 23.3 Å². The van der Waals surface area contributed by atoms with Gasteiger partial charge in [-0.3, -0.25) is 9.80 Å². The molecule has 2 amide bonds. The van der Waals surface area contributed by atoms with Gasteiger partial charge in [-0.05, 0) is 75.4 Å². The Labute approximate surface area is 227 Å². The molecule has 2 bridgehead atoms. The van der Waals surface area contributed by atoms with Crippen LogP contribution in [-0.4, -0.2) is 50.9 Å². The fourth-order valence-corrected chi connectivity index (χ4v) is 6.25. The number of halogens is 3. The molecular formula is C29H35F3N6O. The van der Waals surface area contributed by atoms with E-state index in [1.807, 2.05) is 37.3 Å². The van der Waals surface area contributed by atoms with Gasteiger partial charge in [0.05, 0.1) is 5.56 Å². The molecule has 1 N–H and O–H groups in total. The third-order valence-corrected chi connectivity index (χ3v) is 8.05. The number of benzene rings is 2. The molecule has 0 spiro atoms. The molecule has 7 nitrogen and oxygen atoms in total. The fourth-order valence-electron chi connectivity index (χ4n) is 6.25. The number of nitrogens with zero attached hydrogens (tertiary/aromatic N) is 5. The van der Waals surface area contributed by atoms with Crippen LogP contribution in [0.2, 0.25) is 0 Å². The van der Waals surface area contributed by atoms with E-state index >= 15 is 0 Å². The number of carbonyl (C=O) groups is 1. The number of para-hydroxylation sites is 1. The maximum Gasteiger partial charge on any atom is 0.416 e. The molecule has 3 aromatic rings. The lowest BCUT2D eigenvalue weighted by Crippen LogP contribution is -2.45. The number of hydrogen-bond donors (Lipinski definition) is 1. The number of carbonyl (C=O) groups excluding carboxylic acids is 1. The molecule has 5 rings (SSSR count). The summed E-state index contributed by atoms with van der Waals surface area (Å²) in [6.07, 6.45) is 1.78. The van der Waals surface area contributed by atoms with Crippen molar-refractivity contribution in [1.29, 1.82) is 0 Å². The molecule has 2 aromatic carbocycles. The van der Waals surface area contributed by atoms with Crippen LogP contribution in [0, 0.1) is 6.92 Å². The highest BCUT2D eigenvalue weighted by molar-refractivity contribution is 6.01. The van der Waals surface area contributed by atoms with Crippen LogP contribution in [0.4, 0.5) is 29.3 Å². The molecule has 2 fully saturated rings. The third kappa shape index (κ3) is 5.95. The van der Waals surface area contributed by atoms with Gasteiger partial charge >= 0.3 is 12.2 Å². The normalized spacial score (nSPS) is 21.2. The highest BCUT2D eigenvalue weighted by Gasteiger charge is 2.41. The third-order valence-electron chi connectivity index (χ3n) is 8.05. The van der Waals surface area contributed by atoms with Crippen LogP contribution in [0.25, 0.3) is 0 Å². The number of aromatic nitrogens is 3. The minimum Gasteiger partial charge on any atom is -0.312 e. The number of amides is 2. The number of rotatable bonds is 8. The molecular weight excluding hydrogens is 505 g/mol. The number of alkyl halides is 3. The van der Waals surface area contributed by atoms with E-state index in [2.05, 4.69) is 31.9 Å². The van der Waals surface area contributed by atoms with Crippen LogP contribution < -0.4 is 10.2 Å². The van der Waals surface area contributed by atoms with Crippen molar-refractivity contribution in [3.05, 3.63) is 71.8 Å². The molecule has 2 aliphatic heterocycles. The van der Waals surface area contributed by atoms with Gasteiger partial charge in [0.15, 0.2) is 0 Å². The Morgan fingerprint density at radius 3 is 2.28 bits per heavy atom. The molecule has 208 valence electrons. The van der Waals surface area contributed by atoms with E-state index in [0.29, 0.717) is 30.4 Å². The number of piperidine rings is 1. The van der Waals surface area contributed by atoms with Crippen LogP contribution in [0.3, 0.4) is 0 Å². The second-order valence-corrected chi connectivity index (χ2v) is 10.5.